The van der Waals surface area contributed by atoms with Crippen LogP contribution >= 0.6 is 0 Å². The van der Waals surface area contributed by atoms with Crippen LogP contribution in [0.5, 0.6) is 0 Å². The molecule has 0 aliphatic carbocycles. The van der Waals surface area contributed by atoms with Crippen molar-refractivity contribution >= 4 is 10.0 Å². The van der Waals surface area contributed by atoms with Gasteiger partial charge in [-0.25, -0.2) is 12.7 Å². The zero-order chi connectivity index (χ0) is 13.0. The van der Waals surface area contributed by atoms with Crippen molar-refractivity contribution < 1.29 is 8.42 Å². The highest BCUT2D eigenvalue weighted by atomic mass is 32.2. The van der Waals surface area contributed by atoms with Gasteiger partial charge in [-0.15, -0.1) is 0 Å². The maximum Gasteiger partial charge on any atom is 0.214 e. The summed E-state index contributed by atoms with van der Waals surface area (Å²) >= 11 is 0. The minimum absolute atomic E-state index is 0.329. The van der Waals surface area contributed by atoms with Crippen molar-refractivity contribution in [1.29, 1.82) is 0 Å². The molecule has 0 amide bonds. The molecule has 1 N–H and O–H groups in total. The number of rotatable bonds is 5. The second-order valence-electron chi connectivity index (χ2n) is 5.61. The molecule has 4 nitrogen and oxygen atoms in total. The van der Waals surface area contributed by atoms with E-state index in [1.165, 1.54) is 12.8 Å². The molecular formula is C13H26N2O2S. The molecule has 0 spiro atoms. The van der Waals surface area contributed by atoms with Gasteiger partial charge < -0.3 is 5.32 Å². The molecule has 2 aliphatic rings. The van der Waals surface area contributed by atoms with Crippen molar-refractivity contribution in [2.45, 2.75) is 51.5 Å². The quantitative estimate of drug-likeness (QED) is 0.828. The summed E-state index contributed by atoms with van der Waals surface area (Å²) in [7, 11) is -2.98. The van der Waals surface area contributed by atoms with E-state index in [1.54, 1.807) is 4.31 Å². The monoisotopic (exact) mass is 274 g/mol. The number of sulfonamides is 1. The van der Waals surface area contributed by atoms with Gasteiger partial charge in [0.2, 0.25) is 10.0 Å². The van der Waals surface area contributed by atoms with Crippen LogP contribution in [0.4, 0.5) is 0 Å². The molecule has 2 aliphatic heterocycles. The van der Waals surface area contributed by atoms with Crippen LogP contribution in [0.15, 0.2) is 0 Å². The maximum atomic E-state index is 12.1. The summed E-state index contributed by atoms with van der Waals surface area (Å²) in [6.45, 7) is 4.64. The van der Waals surface area contributed by atoms with Crippen LogP contribution in [0.3, 0.4) is 0 Å². The van der Waals surface area contributed by atoms with E-state index in [0.29, 0.717) is 17.7 Å². The molecule has 0 aromatic heterocycles. The third-order valence-corrected chi connectivity index (χ3v) is 6.27. The van der Waals surface area contributed by atoms with Crippen LogP contribution in [0.2, 0.25) is 0 Å². The molecule has 0 aromatic carbocycles. The minimum Gasteiger partial charge on any atom is -0.314 e. The van der Waals surface area contributed by atoms with Crippen LogP contribution in [-0.2, 0) is 10.0 Å². The summed E-state index contributed by atoms with van der Waals surface area (Å²) in [6.07, 6.45) is 6.34. The van der Waals surface area contributed by atoms with E-state index < -0.39 is 10.0 Å². The van der Waals surface area contributed by atoms with E-state index >= 15 is 0 Å². The van der Waals surface area contributed by atoms with Gasteiger partial charge in [0.1, 0.15) is 0 Å². The van der Waals surface area contributed by atoms with E-state index in [1.807, 2.05) is 6.92 Å². The zero-order valence-electron chi connectivity index (χ0n) is 11.4. The molecular weight excluding hydrogens is 248 g/mol. The lowest BCUT2D eigenvalue weighted by atomic mass is 9.89. The Morgan fingerprint density at radius 1 is 1.22 bits per heavy atom. The number of nitrogens with one attached hydrogen (secondary N) is 1. The van der Waals surface area contributed by atoms with Gasteiger partial charge in [0, 0.05) is 19.1 Å². The fraction of sp³-hybridized carbons (Fsp3) is 1.00. The van der Waals surface area contributed by atoms with Crippen LogP contribution in [0.1, 0.15) is 45.4 Å². The Labute approximate surface area is 111 Å². The largest absolute Gasteiger partial charge is 0.314 e. The predicted molar refractivity (Wildman–Crippen MR) is 74.0 cm³/mol. The molecule has 0 bridgehead atoms. The molecule has 18 heavy (non-hydrogen) atoms. The molecule has 2 saturated heterocycles. The molecule has 2 rings (SSSR count). The van der Waals surface area contributed by atoms with Crippen molar-refractivity contribution in [3.8, 4) is 0 Å². The van der Waals surface area contributed by atoms with Crippen molar-refractivity contribution in [2.75, 3.05) is 25.4 Å². The highest BCUT2D eigenvalue weighted by molar-refractivity contribution is 7.89. The molecule has 2 fully saturated rings. The SMILES string of the molecule is CCCCS(=O)(=O)N1CCC(C2CCCN2)CC1. The third-order valence-electron chi connectivity index (χ3n) is 4.32. The van der Waals surface area contributed by atoms with Gasteiger partial charge in [-0.3, -0.25) is 0 Å². The smallest absolute Gasteiger partial charge is 0.214 e. The van der Waals surface area contributed by atoms with Crippen molar-refractivity contribution in [1.82, 2.24) is 9.62 Å². The summed E-state index contributed by atoms with van der Waals surface area (Å²) in [6, 6.07) is 0.644. The van der Waals surface area contributed by atoms with E-state index in [2.05, 4.69) is 5.32 Å². The number of hydrogen-bond donors (Lipinski definition) is 1. The summed E-state index contributed by atoms with van der Waals surface area (Å²) < 4.78 is 25.9. The average molecular weight is 274 g/mol. The maximum absolute atomic E-state index is 12.1. The lowest BCUT2D eigenvalue weighted by Gasteiger charge is -2.34. The van der Waals surface area contributed by atoms with Crippen molar-refractivity contribution in [3.63, 3.8) is 0 Å². The number of unbranched alkanes of at least 4 members (excludes halogenated alkanes) is 1. The van der Waals surface area contributed by atoms with E-state index in [-0.39, 0.29) is 0 Å². The van der Waals surface area contributed by atoms with Crippen molar-refractivity contribution in [2.24, 2.45) is 5.92 Å². The third kappa shape index (κ3) is 3.45. The first-order valence-corrected chi connectivity index (χ1v) is 8.95. The molecule has 1 atom stereocenters. The fourth-order valence-electron chi connectivity index (χ4n) is 3.13. The Hall–Kier alpha value is -0.130. The Morgan fingerprint density at radius 2 is 1.94 bits per heavy atom. The molecule has 1 unspecified atom stereocenters. The Morgan fingerprint density at radius 3 is 2.50 bits per heavy atom. The van der Waals surface area contributed by atoms with Gasteiger partial charge in [0.15, 0.2) is 0 Å². The second kappa shape index (κ2) is 6.35. The van der Waals surface area contributed by atoms with Crippen LogP contribution in [0.25, 0.3) is 0 Å². The lowest BCUT2D eigenvalue weighted by molar-refractivity contribution is 0.234. The summed E-state index contributed by atoms with van der Waals surface area (Å²) in [5.41, 5.74) is 0. The standard InChI is InChI=1S/C13H26N2O2S/c1-2-3-11-18(16,17)15-9-6-12(7-10-15)13-5-4-8-14-13/h12-14H,2-11H2,1H3. The van der Waals surface area contributed by atoms with Gasteiger partial charge in [-0.05, 0) is 44.6 Å². The molecule has 0 saturated carbocycles. The highest BCUT2D eigenvalue weighted by Gasteiger charge is 2.32. The predicted octanol–water partition coefficient (Wildman–Crippen LogP) is 1.58. The average Bonchev–Trinajstić information content (AvgIpc) is 2.90. The zero-order valence-corrected chi connectivity index (χ0v) is 12.2. The summed E-state index contributed by atoms with van der Waals surface area (Å²) in [5, 5.41) is 3.55. The van der Waals surface area contributed by atoms with Gasteiger partial charge in [-0.1, -0.05) is 13.3 Å². The fourth-order valence-corrected chi connectivity index (χ4v) is 4.80. The minimum atomic E-state index is -2.98. The Kier molecular flexibility index (Phi) is 5.04. The second-order valence-corrected chi connectivity index (χ2v) is 7.70. The van der Waals surface area contributed by atoms with E-state index in [9.17, 15) is 8.42 Å². The molecule has 0 radical (unpaired) electrons. The molecule has 5 heteroatoms. The topological polar surface area (TPSA) is 49.4 Å². The first-order chi connectivity index (χ1) is 8.63. The van der Waals surface area contributed by atoms with Crippen LogP contribution in [0, 0.1) is 5.92 Å². The van der Waals surface area contributed by atoms with E-state index in [0.717, 1.165) is 45.3 Å². The molecule has 2 heterocycles. The Balaban J connectivity index is 1.82. The first-order valence-electron chi connectivity index (χ1n) is 7.34. The van der Waals surface area contributed by atoms with Gasteiger partial charge in [0.05, 0.1) is 5.75 Å². The number of nitrogens with zero attached hydrogens (tertiary/aromatic N) is 1. The van der Waals surface area contributed by atoms with Crippen LogP contribution < -0.4 is 5.32 Å². The van der Waals surface area contributed by atoms with Gasteiger partial charge in [-0.2, -0.15) is 0 Å². The van der Waals surface area contributed by atoms with Gasteiger partial charge in [0.25, 0.3) is 0 Å². The highest BCUT2D eigenvalue weighted by Crippen LogP contribution is 2.27. The Bertz CT molecular complexity index is 342. The molecule has 106 valence electrons. The van der Waals surface area contributed by atoms with Gasteiger partial charge >= 0.3 is 0 Å². The summed E-state index contributed by atoms with van der Waals surface area (Å²) in [4.78, 5) is 0. The lowest BCUT2D eigenvalue weighted by Crippen LogP contribution is -2.44. The number of piperidine rings is 1. The number of hydrogen-bond acceptors (Lipinski definition) is 3. The normalized spacial score (nSPS) is 27.7. The summed E-state index contributed by atoms with van der Waals surface area (Å²) in [5.74, 6) is 1.01. The van der Waals surface area contributed by atoms with Crippen LogP contribution in [-0.4, -0.2) is 44.2 Å². The van der Waals surface area contributed by atoms with Crippen molar-refractivity contribution in [3.05, 3.63) is 0 Å². The first kappa shape index (κ1) is 14.3. The molecule has 0 aromatic rings. The van der Waals surface area contributed by atoms with E-state index in [4.69, 9.17) is 0 Å².